The zero-order valence-corrected chi connectivity index (χ0v) is 9.59. The highest BCUT2D eigenvalue weighted by atomic mass is 79.9. The average Bonchev–Trinajstić information content (AvgIpc) is 2.15. The van der Waals surface area contributed by atoms with Crippen molar-refractivity contribution in [1.82, 2.24) is 0 Å². The van der Waals surface area contributed by atoms with Gasteiger partial charge in [0.1, 0.15) is 0 Å². The molecule has 0 aliphatic heterocycles. The predicted molar refractivity (Wildman–Crippen MR) is 54.1 cm³/mol. The number of alkyl halides is 1. The number of halogens is 2. The first-order chi connectivity index (χ1) is 4.70. The minimum absolute atomic E-state index is 0.572. The molecule has 0 fully saturated rings. The van der Waals surface area contributed by atoms with Crippen LogP contribution in [-0.2, 0) is 6.42 Å². The molecule has 10 heavy (non-hydrogen) atoms. The van der Waals surface area contributed by atoms with Crippen LogP contribution in [0.15, 0.2) is 15.9 Å². The second kappa shape index (κ2) is 3.88. The highest BCUT2D eigenvalue weighted by Crippen LogP contribution is 2.25. The van der Waals surface area contributed by atoms with Crippen LogP contribution in [0.4, 0.5) is 0 Å². The normalized spacial score (nSPS) is 13.5. The number of hydrogen-bond acceptors (Lipinski definition) is 1. The summed E-state index contributed by atoms with van der Waals surface area (Å²) in [6.07, 6.45) is 1.11. The van der Waals surface area contributed by atoms with E-state index in [1.165, 1.54) is 9.35 Å². The lowest BCUT2D eigenvalue weighted by molar-refractivity contribution is 0.976. The monoisotopic (exact) mass is 282 g/mol. The molecule has 0 amide bonds. The molecule has 1 heterocycles. The largest absolute Gasteiger partial charge is 0.148 e. The van der Waals surface area contributed by atoms with E-state index in [0.717, 1.165) is 6.42 Å². The zero-order chi connectivity index (χ0) is 7.56. The Bertz CT molecular complexity index is 205. The average molecular weight is 284 g/mol. The van der Waals surface area contributed by atoms with E-state index >= 15 is 0 Å². The van der Waals surface area contributed by atoms with Gasteiger partial charge in [-0.3, -0.25) is 0 Å². The molecule has 0 aromatic carbocycles. The molecule has 0 nitrogen and oxygen atoms in total. The Hall–Kier alpha value is 0.660. The molecule has 1 rings (SSSR count). The Balaban J connectivity index is 2.65. The summed E-state index contributed by atoms with van der Waals surface area (Å²) in [6, 6.07) is 2.09. The molecular formula is C7H8Br2S. The molecule has 0 radical (unpaired) electrons. The van der Waals surface area contributed by atoms with Crippen LogP contribution < -0.4 is 0 Å². The van der Waals surface area contributed by atoms with E-state index in [4.69, 9.17) is 0 Å². The van der Waals surface area contributed by atoms with E-state index in [9.17, 15) is 0 Å². The van der Waals surface area contributed by atoms with Crippen LogP contribution in [0, 0.1) is 0 Å². The third-order valence-electron chi connectivity index (χ3n) is 1.16. The second-order valence-electron chi connectivity index (χ2n) is 2.18. The van der Waals surface area contributed by atoms with E-state index in [1.54, 1.807) is 11.3 Å². The fourth-order valence-corrected chi connectivity index (χ4v) is 2.91. The van der Waals surface area contributed by atoms with Gasteiger partial charge in [-0.1, -0.05) is 22.9 Å². The van der Waals surface area contributed by atoms with Crippen molar-refractivity contribution >= 4 is 43.2 Å². The first-order valence-electron chi connectivity index (χ1n) is 3.06. The zero-order valence-electron chi connectivity index (χ0n) is 5.60. The SMILES string of the molecule is CC(Br)Cc1sccc1Br. The topological polar surface area (TPSA) is 0 Å². The van der Waals surface area contributed by atoms with Crippen molar-refractivity contribution in [2.45, 2.75) is 18.2 Å². The molecule has 1 aromatic heterocycles. The van der Waals surface area contributed by atoms with Gasteiger partial charge in [-0.2, -0.15) is 0 Å². The molecule has 0 N–H and O–H groups in total. The van der Waals surface area contributed by atoms with Gasteiger partial charge in [-0.25, -0.2) is 0 Å². The minimum Gasteiger partial charge on any atom is -0.148 e. The third kappa shape index (κ3) is 2.36. The smallest absolute Gasteiger partial charge is 0.0314 e. The predicted octanol–water partition coefficient (Wildman–Crippen LogP) is 3.84. The molecule has 0 spiro atoms. The third-order valence-corrected chi connectivity index (χ3v) is 3.43. The van der Waals surface area contributed by atoms with Gasteiger partial charge in [0.05, 0.1) is 0 Å². The molecule has 1 atom stereocenters. The van der Waals surface area contributed by atoms with E-state index < -0.39 is 0 Å². The summed E-state index contributed by atoms with van der Waals surface area (Å²) < 4.78 is 1.24. The maximum absolute atomic E-state index is 3.52. The molecule has 0 aliphatic carbocycles. The highest BCUT2D eigenvalue weighted by molar-refractivity contribution is 9.10. The van der Waals surface area contributed by atoms with E-state index in [0.29, 0.717) is 4.83 Å². The van der Waals surface area contributed by atoms with Gasteiger partial charge in [0.15, 0.2) is 0 Å². The Morgan fingerprint density at radius 2 is 2.40 bits per heavy atom. The van der Waals surface area contributed by atoms with Gasteiger partial charge in [-0.05, 0) is 33.8 Å². The van der Waals surface area contributed by atoms with E-state index in [-0.39, 0.29) is 0 Å². The van der Waals surface area contributed by atoms with Crippen molar-refractivity contribution in [3.63, 3.8) is 0 Å². The molecular weight excluding hydrogens is 276 g/mol. The summed E-state index contributed by atoms with van der Waals surface area (Å²) in [6.45, 7) is 2.16. The quantitative estimate of drug-likeness (QED) is 0.724. The lowest BCUT2D eigenvalue weighted by atomic mass is 10.3. The van der Waals surface area contributed by atoms with E-state index in [1.807, 2.05) is 0 Å². The molecule has 0 saturated heterocycles. The number of rotatable bonds is 2. The standard InChI is InChI=1S/C7H8Br2S/c1-5(8)4-7-6(9)2-3-10-7/h2-3,5H,4H2,1H3. The van der Waals surface area contributed by atoms with Crippen LogP contribution >= 0.6 is 43.2 Å². The summed E-state index contributed by atoms with van der Waals surface area (Å²) >= 11 is 8.80. The summed E-state index contributed by atoms with van der Waals surface area (Å²) in [5, 5.41) is 2.11. The lowest BCUT2D eigenvalue weighted by Gasteiger charge is -1.99. The van der Waals surface area contributed by atoms with Crippen molar-refractivity contribution < 1.29 is 0 Å². The summed E-state index contributed by atoms with van der Waals surface area (Å²) in [5.41, 5.74) is 0. The fraction of sp³-hybridized carbons (Fsp3) is 0.429. The van der Waals surface area contributed by atoms with Crippen molar-refractivity contribution in [3.8, 4) is 0 Å². The summed E-state index contributed by atoms with van der Waals surface area (Å²) in [5.74, 6) is 0. The van der Waals surface area contributed by atoms with Gasteiger partial charge in [0, 0.05) is 14.2 Å². The molecule has 0 bridgehead atoms. The number of hydrogen-bond donors (Lipinski definition) is 0. The van der Waals surface area contributed by atoms with Crippen molar-refractivity contribution in [2.75, 3.05) is 0 Å². The summed E-state index contributed by atoms with van der Waals surface area (Å²) in [4.78, 5) is 1.99. The highest BCUT2D eigenvalue weighted by Gasteiger charge is 2.03. The van der Waals surface area contributed by atoms with Crippen molar-refractivity contribution in [2.24, 2.45) is 0 Å². The van der Waals surface area contributed by atoms with Crippen LogP contribution in [0.3, 0.4) is 0 Å². The Labute approximate surface area is 81.9 Å². The van der Waals surface area contributed by atoms with Gasteiger partial charge >= 0.3 is 0 Å². The molecule has 1 aromatic rings. The molecule has 3 heteroatoms. The maximum atomic E-state index is 3.52. The van der Waals surface area contributed by atoms with E-state index in [2.05, 4.69) is 50.2 Å². The first-order valence-corrected chi connectivity index (χ1v) is 5.65. The molecule has 0 saturated carbocycles. The van der Waals surface area contributed by atoms with Gasteiger partial charge < -0.3 is 0 Å². The number of thiophene rings is 1. The van der Waals surface area contributed by atoms with Gasteiger partial charge in [0.25, 0.3) is 0 Å². The van der Waals surface area contributed by atoms with Gasteiger partial charge in [-0.15, -0.1) is 11.3 Å². The maximum Gasteiger partial charge on any atom is 0.0314 e. The Morgan fingerprint density at radius 3 is 2.80 bits per heavy atom. The van der Waals surface area contributed by atoms with Crippen LogP contribution in [0.5, 0.6) is 0 Å². The van der Waals surface area contributed by atoms with Crippen LogP contribution in [-0.4, -0.2) is 4.83 Å². The van der Waals surface area contributed by atoms with Crippen LogP contribution in [0.25, 0.3) is 0 Å². The minimum atomic E-state index is 0.572. The van der Waals surface area contributed by atoms with Gasteiger partial charge in [0.2, 0.25) is 0 Å². The molecule has 1 unspecified atom stereocenters. The van der Waals surface area contributed by atoms with Crippen LogP contribution in [0.1, 0.15) is 11.8 Å². The fourth-order valence-electron chi connectivity index (χ4n) is 0.726. The summed E-state index contributed by atoms with van der Waals surface area (Å²) in [7, 11) is 0. The first kappa shape index (κ1) is 8.75. The molecule has 0 aliphatic rings. The van der Waals surface area contributed by atoms with Crippen molar-refractivity contribution in [3.05, 3.63) is 20.8 Å². The second-order valence-corrected chi connectivity index (χ2v) is 5.59. The Kier molecular flexibility index (Phi) is 3.40. The molecule has 56 valence electrons. The van der Waals surface area contributed by atoms with Crippen molar-refractivity contribution in [1.29, 1.82) is 0 Å². The van der Waals surface area contributed by atoms with Crippen LogP contribution in [0.2, 0.25) is 0 Å². The Morgan fingerprint density at radius 1 is 1.70 bits per heavy atom. The lowest BCUT2D eigenvalue weighted by Crippen LogP contribution is -1.93.